The maximum absolute atomic E-state index is 6.59. The molecule has 4 aromatic heterocycles. The first-order valence-corrected chi connectivity index (χ1v) is 17.6. The summed E-state index contributed by atoms with van der Waals surface area (Å²) in [5.74, 6) is 1.20. The molecule has 0 aliphatic heterocycles. The first-order chi connectivity index (χ1) is 25.5. The number of benzene rings is 7. The minimum atomic E-state index is 0. The zero-order valence-electron chi connectivity index (χ0n) is 29.1. The molecule has 5 nitrogen and oxygen atoms in total. The second kappa shape index (κ2) is 11.7. The SMILES string of the molecule is Cc1cc(C)c(-c2ccc3c4ccc(Oc5[c-]c6c(cc5)c5ccccc5n5c7ccccc7nc65)[c-]c4c4nc5ccccc5n4c3c2)c(C)c1.[Pd+2]. The van der Waals surface area contributed by atoms with Crippen LogP contribution in [-0.2, 0) is 20.4 Å². The van der Waals surface area contributed by atoms with Gasteiger partial charge in [0.05, 0.1) is 33.4 Å². The van der Waals surface area contributed by atoms with E-state index in [0.717, 1.165) is 76.7 Å². The van der Waals surface area contributed by atoms with Crippen molar-refractivity contribution in [2.24, 2.45) is 0 Å². The number of para-hydroxylation sites is 5. The summed E-state index contributed by atoms with van der Waals surface area (Å²) in [6.07, 6.45) is 0. The first-order valence-electron chi connectivity index (χ1n) is 17.6. The van der Waals surface area contributed by atoms with E-state index in [2.05, 4.69) is 145 Å². The van der Waals surface area contributed by atoms with Gasteiger partial charge in [0.25, 0.3) is 0 Å². The number of imidazole rings is 2. The third kappa shape index (κ3) is 4.66. The minimum absolute atomic E-state index is 0. The second-order valence-electron chi connectivity index (χ2n) is 13.9. The summed E-state index contributed by atoms with van der Waals surface area (Å²) in [7, 11) is 0. The van der Waals surface area contributed by atoms with Gasteiger partial charge in [-0.3, -0.25) is 9.97 Å². The van der Waals surface area contributed by atoms with Gasteiger partial charge in [-0.15, -0.1) is 12.1 Å². The van der Waals surface area contributed by atoms with Crippen molar-refractivity contribution in [3.63, 3.8) is 0 Å². The largest absolute Gasteiger partial charge is 2.00 e. The van der Waals surface area contributed by atoms with Crippen LogP contribution in [0, 0.1) is 32.9 Å². The van der Waals surface area contributed by atoms with Crippen molar-refractivity contribution >= 4 is 76.7 Å². The molecule has 0 amide bonds. The van der Waals surface area contributed by atoms with Crippen molar-refractivity contribution in [3.8, 4) is 22.6 Å². The Bertz CT molecular complexity index is 3300. The van der Waals surface area contributed by atoms with Crippen LogP contribution in [0.15, 0.2) is 127 Å². The Hall–Kier alpha value is -6.06. The molecule has 11 aromatic rings. The molecule has 0 saturated heterocycles. The maximum Gasteiger partial charge on any atom is 2.00 e. The predicted molar refractivity (Wildman–Crippen MR) is 213 cm³/mol. The molecule has 0 atom stereocenters. The maximum atomic E-state index is 6.59. The smallest absolute Gasteiger partial charge is 0.497 e. The Morgan fingerprint density at radius 2 is 0.981 bits per heavy atom. The topological polar surface area (TPSA) is 43.8 Å². The number of fused-ring (bicyclic) bond motifs is 16. The van der Waals surface area contributed by atoms with Crippen LogP contribution in [0.3, 0.4) is 0 Å². The molecular formula is C47H30N4OPd. The Labute approximate surface area is 318 Å². The standard InChI is InChI=1S/C47H30N4O.Pd/c1-27-22-28(2)45(29(3)23-27)30-16-19-36-34-21-18-32(26-38(34)47-49-40-12-6-9-15-43(40)51(47)44(36)24-30)52-31-17-20-33-35-10-4-7-13-41(35)50-42-14-8-5-11-39(42)48-46(50)37(33)25-31;/h4-24H,1-3H3;/q-2;+2. The zero-order chi connectivity index (χ0) is 34.7. The Morgan fingerprint density at radius 3 is 1.58 bits per heavy atom. The molecule has 0 unspecified atom stereocenters. The molecule has 0 fully saturated rings. The molecule has 11 rings (SSSR count). The number of rotatable bonds is 3. The fourth-order valence-corrected chi connectivity index (χ4v) is 8.49. The molecule has 53 heavy (non-hydrogen) atoms. The quantitative estimate of drug-likeness (QED) is 0.102. The van der Waals surface area contributed by atoms with Crippen molar-refractivity contribution in [1.82, 2.24) is 18.8 Å². The number of hydrogen-bond donors (Lipinski definition) is 0. The zero-order valence-corrected chi connectivity index (χ0v) is 30.7. The first kappa shape index (κ1) is 31.7. The summed E-state index contributed by atoms with van der Waals surface area (Å²) in [5.41, 5.74) is 14.3. The number of ether oxygens (including phenoxy) is 1. The van der Waals surface area contributed by atoms with E-state index in [1.807, 2.05) is 24.3 Å². The summed E-state index contributed by atoms with van der Waals surface area (Å²) >= 11 is 0. The fourth-order valence-electron chi connectivity index (χ4n) is 8.49. The van der Waals surface area contributed by atoms with Gasteiger partial charge in [0, 0.05) is 22.5 Å². The van der Waals surface area contributed by atoms with Crippen LogP contribution < -0.4 is 4.74 Å². The van der Waals surface area contributed by atoms with E-state index in [0.29, 0.717) is 11.5 Å². The fraction of sp³-hybridized carbons (Fsp3) is 0.0638. The van der Waals surface area contributed by atoms with Gasteiger partial charge in [-0.25, -0.2) is 0 Å². The average Bonchev–Trinajstić information content (AvgIpc) is 3.75. The van der Waals surface area contributed by atoms with E-state index < -0.39 is 0 Å². The molecule has 0 saturated carbocycles. The molecule has 0 N–H and O–H groups in total. The van der Waals surface area contributed by atoms with Crippen molar-refractivity contribution in [2.45, 2.75) is 20.8 Å². The molecule has 0 aliphatic rings. The van der Waals surface area contributed by atoms with Crippen LogP contribution in [0.2, 0.25) is 0 Å². The summed E-state index contributed by atoms with van der Waals surface area (Å²) in [6, 6.07) is 51.9. The van der Waals surface area contributed by atoms with E-state index >= 15 is 0 Å². The Balaban J connectivity index is 0.00000349. The van der Waals surface area contributed by atoms with Gasteiger partial charge in [0.15, 0.2) is 0 Å². The van der Waals surface area contributed by atoms with Crippen LogP contribution in [0.25, 0.3) is 87.8 Å². The third-order valence-electron chi connectivity index (χ3n) is 10.6. The van der Waals surface area contributed by atoms with Crippen LogP contribution in [0.1, 0.15) is 16.7 Å². The number of aromatic nitrogens is 4. The molecular weight excluding hydrogens is 743 g/mol. The normalized spacial score (nSPS) is 11.9. The molecule has 0 spiro atoms. The molecule has 0 aliphatic carbocycles. The molecule has 7 aromatic carbocycles. The van der Waals surface area contributed by atoms with Crippen molar-refractivity contribution in [3.05, 3.63) is 156 Å². The Kier molecular flexibility index (Phi) is 7.01. The second-order valence-corrected chi connectivity index (χ2v) is 13.9. The number of pyridine rings is 2. The van der Waals surface area contributed by atoms with Crippen LogP contribution in [0.4, 0.5) is 0 Å². The summed E-state index contributed by atoms with van der Waals surface area (Å²) in [5, 5.41) is 6.26. The van der Waals surface area contributed by atoms with Crippen molar-refractivity contribution < 1.29 is 25.2 Å². The van der Waals surface area contributed by atoms with Gasteiger partial charge in [-0.2, -0.15) is 0 Å². The van der Waals surface area contributed by atoms with Gasteiger partial charge in [0.2, 0.25) is 0 Å². The van der Waals surface area contributed by atoms with Gasteiger partial charge in [-0.05, 0) is 90.2 Å². The van der Waals surface area contributed by atoms with Crippen LogP contribution in [-0.4, -0.2) is 18.8 Å². The van der Waals surface area contributed by atoms with Crippen LogP contribution >= 0.6 is 0 Å². The van der Waals surface area contributed by atoms with Crippen LogP contribution in [0.5, 0.6) is 11.5 Å². The average molecular weight is 773 g/mol. The summed E-state index contributed by atoms with van der Waals surface area (Å²) < 4.78 is 11.1. The predicted octanol–water partition coefficient (Wildman–Crippen LogP) is 11.9. The molecule has 0 radical (unpaired) electrons. The van der Waals surface area contributed by atoms with E-state index in [-0.39, 0.29) is 20.4 Å². The monoisotopic (exact) mass is 772 g/mol. The number of nitrogens with zero attached hydrogens (tertiary/aromatic N) is 4. The Morgan fingerprint density at radius 1 is 0.491 bits per heavy atom. The molecule has 4 heterocycles. The number of hydrogen-bond acceptors (Lipinski definition) is 3. The third-order valence-corrected chi connectivity index (χ3v) is 10.6. The molecule has 6 heteroatoms. The minimum Gasteiger partial charge on any atom is -0.497 e. The summed E-state index contributed by atoms with van der Waals surface area (Å²) in [4.78, 5) is 10.2. The van der Waals surface area contributed by atoms with Crippen molar-refractivity contribution in [1.29, 1.82) is 0 Å². The van der Waals surface area contributed by atoms with Crippen molar-refractivity contribution in [2.75, 3.05) is 0 Å². The van der Waals surface area contributed by atoms with E-state index in [1.54, 1.807) is 0 Å². The number of aryl methyl sites for hydroxylation is 3. The molecule has 0 bridgehead atoms. The van der Waals surface area contributed by atoms with Gasteiger partial charge < -0.3 is 13.5 Å². The van der Waals surface area contributed by atoms with Gasteiger partial charge in [0.1, 0.15) is 0 Å². The summed E-state index contributed by atoms with van der Waals surface area (Å²) in [6.45, 7) is 6.56. The van der Waals surface area contributed by atoms with Gasteiger partial charge in [-0.1, -0.05) is 118 Å². The van der Waals surface area contributed by atoms with Gasteiger partial charge >= 0.3 is 20.4 Å². The van der Waals surface area contributed by atoms with E-state index in [4.69, 9.17) is 14.7 Å². The molecule has 254 valence electrons. The van der Waals surface area contributed by atoms with E-state index in [1.165, 1.54) is 27.8 Å². The van der Waals surface area contributed by atoms with E-state index in [9.17, 15) is 0 Å².